The van der Waals surface area contributed by atoms with Crippen LogP contribution in [0.2, 0.25) is 0 Å². The molecule has 8 nitrogen and oxygen atoms in total. The zero-order valence-electron chi connectivity index (χ0n) is 10.1. The normalized spacial score (nSPS) is 27.2. The Hall–Kier alpha value is -1.51. The maximum Gasteiger partial charge on any atom is 0.155 e. The van der Waals surface area contributed by atoms with Crippen LogP contribution in [0.3, 0.4) is 0 Å². The molecule has 18 heavy (non-hydrogen) atoms. The topological polar surface area (TPSA) is 105 Å². The summed E-state index contributed by atoms with van der Waals surface area (Å²) in [6.07, 6.45) is 2.50. The Labute approximate surface area is 105 Å². The van der Waals surface area contributed by atoms with Gasteiger partial charge in [-0.2, -0.15) is 0 Å². The molecule has 2 aliphatic rings. The molecule has 2 rings (SSSR count). The van der Waals surface area contributed by atoms with Crippen LogP contribution in [0.15, 0.2) is 15.0 Å². The molecule has 0 saturated heterocycles. The zero-order chi connectivity index (χ0) is 13.0. The van der Waals surface area contributed by atoms with E-state index in [0.29, 0.717) is 12.4 Å². The summed E-state index contributed by atoms with van der Waals surface area (Å²) < 4.78 is 10.4. The van der Waals surface area contributed by atoms with E-state index in [1.165, 1.54) is 6.34 Å². The minimum Gasteiger partial charge on any atom is -0.394 e. The van der Waals surface area contributed by atoms with Crippen molar-refractivity contribution in [1.82, 2.24) is 4.90 Å². The van der Waals surface area contributed by atoms with E-state index >= 15 is 0 Å². The van der Waals surface area contributed by atoms with Crippen LogP contribution in [0.25, 0.3) is 0 Å². The monoisotopic (exact) mass is 255 g/mol. The highest BCUT2D eigenvalue weighted by Gasteiger charge is 2.34. The summed E-state index contributed by atoms with van der Waals surface area (Å²) >= 11 is 0. The van der Waals surface area contributed by atoms with Gasteiger partial charge in [-0.3, -0.25) is 4.99 Å². The SMILES string of the molecule is COCC(CO)OCN1C=NC2C(N)=NC=NC21. The second-order valence-electron chi connectivity index (χ2n) is 4.01. The molecule has 0 aromatic heterocycles. The minimum absolute atomic E-state index is 0.0974. The Morgan fingerprint density at radius 2 is 2.39 bits per heavy atom. The number of nitrogens with two attached hydrogens (primary N) is 1. The average molecular weight is 255 g/mol. The van der Waals surface area contributed by atoms with E-state index < -0.39 is 0 Å². The molecule has 3 N–H and O–H groups in total. The van der Waals surface area contributed by atoms with Gasteiger partial charge < -0.3 is 25.2 Å². The summed E-state index contributed by atoms with van der Waals surface area (Å²) in [5.41, 5.74) is 5.73. The molecule has 0 aromatic carbocycles. The fourth-order valence-corrected chi connectivity index (χ4v) is 1.77. The third kappa shape index (κ3) is 2.66. The van der Waals surface area contributed by atoms with E-state index in [0.717, 1.165) is 0 Å². The summed E-state index contributed by atoms with van der Waals surface area (Å²) in [5.74, 6) is 0.448. The van der Waals surface area contributed by atoms with Gasteiger partial charge in [-0.1, -0.05) is 0 Å². The summed E-state index contributed by atoms with van der Waals surface area (Å²) in [7, 11) is 1.56. The van der Waals surface area contributed by atoms with Gasteiger partial charge in [0.15, 0.2) is 6.17 Å². The van der Waals surface area contributed by atoms with Gasteiger partial charge in [0.1, 0.15) is 31.1 Å². The summed E-state index contributed by atoms with van der Waals surface area (Å²) in [6, 6.07) is -0.242. The Kier molecular flexibility index (Phi) is 4.24. The van der Waals surface area contributed by atoms with Crippen LogP contribution in [0, 0.1) is 0 Å². The quantitative estimate of drug-likeness (QED) is 0.595. The lowest BCUT2D eigenvalue weighted by Gasteiger charge is -2.27. The van der Waals surface area contributed by atoms with Gasteiger partial charge in [-0.05, 0) is 0 Å². The third-order valence-corrected chi connectivity index (χ3v) is 2.74. The lowest BCUT2D eigenvalue weighted by Crippen LogP contribution is -2.45. The highest BCUT2D eigenvalue weighted by molar-refractivity contribution is 5.96. The van der Waals surface area contributed by atoms with E-state index in [-0.39, 0.29) is 31.6 Å². The van der Waals surface area contributed by atoms with Gasteiger partial charge in [-0.25, -0.2) is 9.98 Å². The van der Waals surface area contributed by atoms with Crippen LogP contribution in [0.4, 0.5) is 0 Å². The largest absolute Gasteiger partial charge is 0.394 e. The number of hydrogen-bond acceptors (Lipinski definition) is 8. The molecule has 0 radical (unpaired) electrons. The smallest absolute Gasteiger partial charge is 0.155 e. The van der Waals surface area contributed by atoms with Gasteiger partial charge in [0.05, 0.1) is 19.6 Å². The highest BCUT2D eigenvalue weighted by atomic mass is 16.5. The number of hydrogen-bond donors (Lipinski definition) is 2. The Bertz CT molecular complexity index is 371. The van der Waals surface area contributed by atoms with Crippen LogP contribution in [-0.4, -0.2) is 73.9 Å². The molecular weight excluding hydrogens is 238 g/mol. The van der Waals surface area contributed by atoms with Crippen molar-refractivity contribution < 1.29 is 14.6 Å². The van der Waals surface area contributed by atoms with Crippen LogP contribution >= 0.6 is 0 Å². The molecule has 0 aliphatic carbocycles. The molecule has 0 saturated carbocycles. The second-order valence-corrected chi connectivity index (χ2v) is 4.01. The lowest BCUT2D eigenvalue weighted by atomic mass is 10.2. The first kappa shape index (κ1) is 12.9. The molecule has 100 valence electrons. The molecule has 0 aromatic rings. The Morgan fingerprint density at radius 3 is 3.11 bits per heavy atom. The zero-order valence-corrected chi connectivity index (χ0v) is 10.1. The van der Waals surface area contributed by atoms with Crippen molar-refractivity contribution in [2.75, 3.05) is 27.1 Å². The number of fused-ring (bicyclic) bond motifs is 1. The number of rotatable bonds is 6. The molecule has 3 atom stereocenters. The Morgan fingerprint density at radius 1 is 1.56 bits per heavy atom. The highest BCUT2D eigenvalue weighted by Crippen LogP contribution is 2.17. The van der Waals surface area contributed by atoms with Gasteiger partial charge >= 0.3 is 0 Å². The van der Waals surface area contributed by atoms with Crippen molar-refractivity contribution in [2.24, 2.45) is 20.7 Å². The number of amidine groups is 1. The molecule has 8 heteroatoms. The van der Waals surface area contributed by atoms with Gasteiger partial charge in [0, 0.05) is 7.11 Å². The minimum atomic E-state index is -0.360. The van der Waals surface area contributed by atoms with E-state index in [1.54, 1.807) is 18.3 Å². The molecule has 3 unspecified atom stereocenters. The van der Waals surface area contributed by atoms with Crippen molar-refractivity contribution >= 4 is 18.5 Å². The number of ether oxygens (including phenoxy) is 2. The maximum absolute atomic E-state index is 9.08. The first-order valence-electron chi connectivity index (χ1n) is 5.61. The summed E-state index contributed by atoms with van der Waals surface area (Å²) in [4.78, 5) is 14.2. The second kappa shape index (κ2) is 5.89. The molecule has 0 amide bonds. The van der Waals surface area contributed by atoms with Crippen molar-refractivity contribution in [1.29, 1.82) is 0 Å². The molecule has 0 bridgehead atoms. The fourth-order valence-electron chi connectivity index (χ4n) is 1.77. The molecule has 0 fully saturated rings. The van der Waals surface area contributed by atoms with Crippen molar-refractivity contribution in [3.63, 3.8) is 0 Å². The summed E-state index contributed by atoms with van der Waals surface area (Å²) in [5, 5.41) is 9.08. The van der Waals surface area contributed by atoms with Crippen molar-refractivity contribution in [2.45, 2.75) is 18.3 Å². The van der Waals surface area contributed by atoms with E-state index in [2.05, 4.69) is 15.0 Å². The van der Waals surface area contributed by atoms with Crippen LogP contribution in [-0.2, 0) is 9.47 Å². The lowest BCUT2D eigenvalue weighted by molar-refractivity contribution is -0.0615. The summed E-state index contributed by atoms with van der Waals surface area (Å²) in [6.45, 7) is 0.506. The van der Waals surface area contributed by atoms with Crippen LogP contribution in [0.1, 0.15) is 0 Å². The standard InChI is InChI=1S/C10H17N5O3/c1-17-3-7(2-16)18-6-15-5-14-8-9(11)12-4-13-10(8)15/h4-5,7-8,10,16H,2-3,6H2,1H3,(H2,11,12,13). The van der Waals surface area contributed by atoms with Crippen LogP contribution < -0.4 is 5.73 Å². The van der Waals surface area contributed by atoms with Gasteiger partial charge in [-0.15, -0.1) is 0 Å². The van der Waals surface area contributed by atoms with E-state index in [9.17, 15) is 0 Å². The van der Waals surface area contributed by atoms with E-state index in [1.807, 2.05) is 0 Å². The maximum atomic E-state index is 9.08. The van der Waals surface area contributed by atoms with E-state index in [4.69, 9.17) is 20.3 Å². The Balaban J connectivity index is 1.87. The van der Waals surface area contributed by atoms with Crippen molar-refractivity contribution in [3.05, 3.63) is 0 Å². The fraction of sp³-hybridized carbons (Fsp3) is 0.700. The average Bonchev–Trinajstić information content (AvgIpc) is 2.79. The molecular formula is C10H17N5O3. The number of methoxy groups -OCH3 is 1. The number of nitrogens with zero attached hydrogens (tertiary/aromatic N) is 4. The first-order chi connectivity index (χ1) is 8.76. The van der Waals surface area contributed by atoms with Gasteiger partial charge in [0.2, 0.25) is 0 Å². The number of aliphatic hydroxyl groups excluding tert-OH is 1. The number of aliphatic imine (C=N–C) groups is 3. The predicted molar refractivity (Wildman–Crippen MR) is 66.7 cm³/mol. The predicted octanol–water partition coefficient (Wildman–Crippen LogP) is -1.59. The third-order valence-electron chi connectivity index (χ3n) is 2.74. The molecule has 2 heterocycles. The number of aliphatic hydroxyl groups is 1. The van der Waals surface area contributed by atoms with Gasteiger partial charge in [0.25, 0.3) is 0 Å². The van der Waals surface area contributed by atoms with Crippen molar-refractivity contribution in [3.8, 4) is 0 Å². The van der Waals surface area contributed by atoms with Crippen LogP contribution in [0.5, 0.6) is 0 Å². The molecule has 2 aliphatic heterocycles. The first-order valence-corrected chi connectivity index (χ1v) is 5.61. The molecule has 0 spiro atoms.